The Morgan fingerprint density at radius 3 is 2.60 bits per heavy atom. The molecule has 3 rings (SSSR count). The number of benzene rings is 1. The van der Waals surface area contributed by atoms with E-state index in [0.717, 1.165) is 27.6 Å². The van der Waals surface area contributed by atoms with Gasteiger partial charge in [0, 0.05) is 35.5 Å². The van der Waals surface area contributed by atoms with E-state index in [9.17, 15) is 0 Å². The maximum atomic E-state index is 8.83. The summed E-state index contributed by atoms with van der Waals surface area (Å²) in [5.41, 5.74) is 8.94. The first-order valence-corrected chi connectivity index (χ1v) is 6.26. The van der Waals surface area contributed by atoms with Crippen molar-refractivity contribution in [1.29, 1.82) is 5.26 Å². The molecule has 0 saturated heterocycles. The van der Waals surface area contributed by atoms with Crippen LogP contribution in [0.25, 0.3) is 21.9 Å². The van der Waals surface area contributed by atoms with Crippen LogP contribution < -0.4 is 5.73 Å². The highest BCUT2D eigenvalue weighted by Crippen LogP contribution is 2.30. The van der Waals surface area contributed by atoms with Crippen molar-refractivity contribution in [2.75, 3.05) is 0 Å². The lowest BCUT2D eigenvalue weighted by molar-refractivity contribution is 1.00. The largest absolute Gasteiger partial charge is 0.325 e. The molecule has 0 radical (unpaired) electrons. The molecule has 2 N–H and O–H groups in total. The molecule has 0 unspecified atom stereocenters. The Balaban J connectivity index is 2.29. The Kier molecular flexibility index (Phi) is 3.12. The lowest BCUT2D eigenvalue weighted by Gasteiger charge is -2.11. The Bertz CT molecular complexity index is 801. The van der Waals surface area contributed by atoms with Crippen LogP contribution in [-0.2, 0) is 6.54 Å². The summed E-state index contributed by atoms with van der Waals surface area (Å²) in [4.78, 5) is 8.55. The summed E-state index contributed by atoms with van der Waals surface area (Å²) >= 11 is 0. The topological polar surface area (TPSA) is 75.6 Å². The van der Waals surface area contributed by atoms with E-state index in [1.807, 2.05) is 42.6 Å². The van der Waals surface area contributed by atoms with E-state index in [1.165, 1.54) is 0 Å². The molecule has 2 aromatic heterocycles. The zero-order valence-electron chi connectivity index (χ0n) is 10.7. The standard InChI is InChI=1S/C16H12N4/c17-7-13-6-5-12(10-19-13)16-14-4-2-1-3-11(14)9-20-15(16)8-18/h1-6,9-10H,8,18H2. The number of fused-ring (bicyclic) bond motifs is 1. The van der Waals surface area contributed by atoms with Gasteiger partial charge in [-0.05, 0) is 17.5 Å². The molecule has 0 aliphatic heterocycles. The molecule has 2 heterocycles. The van der Waals surface area contributed by atoms with E-state index >= 15 is 0 Å². The lowest BCUT2D eigenvalue weighted by Crippen LogP contribution is -2.03. The number of nitrogens with two attached hydrogens (primary N) is 1. The first-order valence-electron chi connectivity index (χ1n) is 6.26. The first kappa shape index (κ1) is 12.3. The van der Waals surface area contributed by atoms with Gasteiger partial charge < -0.3 is 5.73 Å². The number of nitriles is 1. The number of pyridine rings is 2. The predicted molar refractivity (Wildman–Crippen MR) is 77.6 cm³/mol. The summed E-state index contributed by atoms with van der Waals surface area (Å²) in [7, 11) is 0. The number of aromatic nitrogens is 2. The number of nitrogens with zero attached hydrogens (tertiary/aromatic N) is 3. The molecule has 0 bridgehead atoms. The summed E-state index contributed by atoms with van der Waals surface area (Å²) in [6.07, 6.45) is 3.53. The summed E-state index contributed by atoms with van der Waals surface area (Å²) in [5.74, 6) is 0. The normalized spacial score (nSPS) is 10.4. The van der Waals surface area contributed by atoms with Crippen molar-refractivity contribution in [2.45, 2.75) is 6.54 Å². The SMILES string of the molecule is N#Cc1ccc(-c2c(CN)ncc3ccccc23)cn1. The minimum Gasteiger partial charge on any atom is -0.325 e. The van der Waals surface area contributed by atoms with E-state index in [4.69, 9.17) is 11.0 Å². The highest BCUT2D eigenvalue weighted by molar-refractivity contribution is 5.97. The smallest absolute Gasteiger partial charge is 0.140 e. The molecule has 0 amide bonds. The van der Waals surface area contributed by atoms with Crippen LogP contribution in [0.15, 0.2) is 48.8 Å². The van der Waals surface area contributed by atoms with E-state index in [1.54, 1.807) is 12.3 Å². The summed E-state index contributed by atoms with van der Waals surface area (Å²) in [6.45, 7) is 0.361. The van der Waals surface area contributed by atoms with Crippen molar-refractivity contribution in [1.82, 2.24) is 9.97 Å². The molecule has 0 fully saturated rings. The van der Waals surface area contributed by atoms with Gasteiger partial charge in [-0.1, -0.05) is 24.3 Å². The predicted octanol–water partition coefficient (Wildman–Crippen LogP) is 2.63. The van der Waals surface area contributed by atoms with Crippen molar-refractivity contribution < 1.29 is 0 Å². The Morgan fingerprint density at radius 1 is 1.05 bits per heavy atom. The second kappa shape index (κ2) is 5.08. The van der Waals surface area contributed by atoms with Gasteiger partial charge in [0.25, 0.3) is 0 Å². The van der Waals surface area contributed by atoms with E-state index in [-0.39, 0.29) is 0 Å². The molecular formula is C16H12N4. The summed E-state index contributed by atoms with van der Waals surface area (Å²) in [5, 5.41) is 11.0. The van der Waals surface area contributed by atoms with Crippen molar-refractivity contribution in [3.63, 3.8) is 0 Å². The summed E-state index contributed by atoms with van der Waals surface area (Å²) in [6, 6.07) is 13.6. The first-order chi connectivity index (χ1) is 9.83. The van der Waals surface area contributed by atoms with Gasteiger partial charge in [-0.2, -0.15) is 5.26 Å². The van der Waals surface area contributed by atoms with E-state index in [2.05, 4.69) is 9.97 Å². The lowest BCUT2D eigenvalue weighted by atomic mass is 9.98. The molecule has 20 heavy (non-hydrogen) atoms. The third-order valence-corrected chi connectivity index (χ3v) is 3.24. The van der Waals surface area contributed by atoms with Gasteiger partial charge in [0.1, 0.15) is 11.8 Å². The molecule has 0 atom stereocenters. The maximum absolute atomic E-state index is 8.83. The Labute approximate surface area is 116 Å². The molecule has 0 spiro atoms. The second-order valence-corrected chi connectivity index (χ2v) is 4.42. The van der Waals surface area contributed by atoms with Crippen LogP contribution >= 0.6 is 0 Å². The minimum absolute atomic E-state index is 0.361. The van der Waals surface area contributed by atoms with Gasteiger partial charge in [-0.15, -0.1) is 0 Å². The van der Waals surface area contributed by atoms with Gasteiger partial charge in [0.15, 0.2) is 0 Å². The number of hydrogen-bond acceptors (Lipinski definition) is 4. The molecule has 4 heteroatoms. The Morgan fingerprint density at radius 2 is 1.90 bits per heavy atom. The van der Waals surface area contributed by atoms with Gasteiger partial charge in [-0.25, -0.2) is 4.98 Å². The van der Waals surface area contributed by atoms with Crippen molar-refractivity contribution >= 4 is 10.8 Å². The van der Waals surface area contributed by atoms with Crippen LogP contribution in [0.1, 0.15) is 11.4 Å². The molecule has 4 nitrogen and oxygen atoms in total. The molecule has 96 valence electrons. The third-order valence-electron chi connectivity index (χ3n) is 3.24. The number of rotatable bonds is 2. The fourth-order valence-corrected chi connectivity index (χ4v) is 2.29. The molecule has 1 aromatic carbocycles. The van der Waals surface area contributed by atoms with Crippen LogP contribution in [-0.4, -0.2) is 9.97 Å². The fraction of sp³-hybridized carbons (Fsp3) is 0.0625. The van der Waals surface area contributed by atoms with Crippen LogP contribution in [0.3, 0.4) is 0 Å². The van der Waals surface area contributed by atoms with E-state index in [0.29, 0.717) is 12.2 Å². The Hall–Kier alpha value is -2.77. The van der Waals surface area contributed by atoms with Crippen molar-refractivity contribution in [2.24, 2.45) is 5.73 Å². The van der Waals surface area contributed by atoms with Crippen LogP contribution in [0.5, 0.6) is 0 Å². The summed E-state index contributed by atoms with van der Waals surface area (Å²) < 4.78 is 0. The monoisotopic (exact) mass is 260 g/mol. The zero-order chi connectivity index (χ0) is 13.9. The molecule has 0 aliphatic rings. The van der Waals surface area contributed by atoms with Gasteiger partial charge >= 0.3 is 0 Å². The zero-order valence-corrected chi connectivity index (χ0v) is 10.7. The van der Waals surface area contributed by atoms with Crippen LogP contribution in [0.2, 0.25) is 0 Å². The van der Waals surface area contributed by atoms with Gasteiger partial charge in [0.05, 0.1) is 5.69 Å². The van der Waals surface area contributed by atoms with Gasteiger partial charge in [0.2, 0.25) is 0 Å². The molecule has 0 aliphatic carbocycles. The maximum Gasteiger partial charge on any atom is 0.140 e. The fourth-order valence-electron chi connectivity index (χ4n) is 2.29. The highest BCUT2D eigenvalue weighted by Gasteiger charge is 2.10. The minimum atomic E-state index is 0.361. The second-order valence-electron chi connectivity index (χ2n) is 4.42. The third kappa shape index (κ3) is 2.00. The molecular weight excluding hydrogens is 248 g/mol. The van der Waals surface area contributed by atoms with E-state index < -0.39 is 0 Å². The van der Waals surface area contributed by atoms with Gasteiger partial charge in [-0.3, -0.25) is 4.98 Å². The average Bonchev–Trinajstić information content (AvgIpc) is 2.54. The van der Waals surface area contributed by atoms with Crippen molar-refractivity contribution in [3.05, 3.63) is 60.2 Å². The van der Waals surface area contributed by atoms with Crippen molar-refractivity contribution in [3.8, 4) is 17.2 Å². The quantitative estimate of drug-likeness (QED) is 0.768. The molecule has 0 saturated carbocycles. The average molecular weight is 260 g/mol. The highest BCUT2D eigenvalue weighted by atomic mass is 14.7. The molecule has 3 aromatic rings. The van der Waals surface area contributed by atoms with Crippen LogP contribution in [0.4, 0.5) is 0 Å². The number of hydrogen-bond donors (Lipinski definition) is 1. The van der Waals surface area contributed by atoms with Crippen LogP contribution in [0, 0.1) is 11.3 Å².